The monoisotopic (exact) mass is 504 g/mol. The van der Waals surface area contributed by atoms with E-state index in [0.717, 1.165) is 49.3 Å². The lowest BCUT2D eigenvalue weighted by molar-refractivity contribution is -0.119. The van der Waals surface area contributed by atoms with Crippen molar-refractivity contribution in [3.8, 4) is 0 Å². The van der Waals surface area contributed by atoms with Gasteiger partial charge in [-0.1, -0.05) is 60.7 Å². The molecule has 8 heteroatoms. The van der Waals surface area contributed by atoms with Gasteiger partial charge in [0.1, 0.15) is 6.54 Å². The third-order valence-electron chi connectivity index (χ3n) is 6.27. The minimum absolute atomic E-state index is 0.135. The molecule has 7 nitrogen and oxygen atoms in total. The second kappa shape index (κ2) is 11.5. The Labute approximate surface area is 213 Å². The Morgan fingerprint density at radius 2 is 1.58 bits per heavy atom. The fraction of sp³-hybridized carbons (Fsp3) is 0.286. The number of aryl methyl sites for hydroxylation is 2. The van der Waals surface area contributed by atoms with Gasteiger partial charge in [0.2, 0.25) is 0 Å². The first-order valence-electron chi connectivity index (χ1n) is 12.1. The number of hydrogen-bond acceptors (Lipinski definition) is 5. The van der Waals surface area contributed by atoms with Crippen molar-refractivity contribution in [3.63, 3.8) is 0 Å². The van der Waals surface area contributed by atoms with Crippen molar-refractivity contribution < 1.29 is 13.2 Å². The number of anilines is 1. The van der Waals surface area contributed by atoms with Gasteiger partial charge >= 0.3 is 0 Å². The third kappa shape index (κ3) is 6.38. The van der Waals surface area contributed by atoms with Crippen LogP contribution in [0.25, 0.3) is 0 Å². The van der Waals surface area contributed by atoms with E-state index in [4.69, 9.17) is 0 Å². The molecule has 0 spiro atoms. The number of sulfonamides is 1. The molecule has 3 aromatic carbocycles. The van der Waals surface area contributed by atoms with Crippen LogP contribution >= 0.6 is 0 Å². The number of hydrogen-bond donors (Lipinski definition) is 1. The second-order valence-corrected chi connectivity index (χ2v) is 11.0. The van der Waals surface area contributed by atoms with Crippen molar-refractivity contribution in [3.05, 3.63) is 95.6 Å². The summed E-state index contributed by atoms with van der Waals surface area (Å²) in [5.74, 6) is -0.477. The zero-order valence-electron chi connectivity index (χ0n) is 20.7. The van der Waals surface area contributed by atoms with Crippen LogP contribution in [0.15, 0.2) is 88.9 Å². The Balaban J connectivity index is 1.44. The highest BCUT2D eigenvalue weighted by Gasteiger charge is 2.28. The van der Waals surface area contributed by atoms with Crippen molar-refractivity contribution >= 4 is 27.3 Å². The van der Waals surface area contributed by atoms with E-state index in [1.54, 1.807) is 24.3 Å². The fourth-order valence-electron chi connectivity index (χ4n) is 4.24. The van der Waals surface area contributed by atoms with Crippen molar-refractivity contribution in [1.82, 2.24) is 10.3 Å². The number of carbonyl (C=O) groups excluding carboxylic acids is 1. The van der Waals surface area contributed by atoms with E-state index in [0.29, 0.717) is 5.69 Å². The van der Waals surface area contributed by atoms with Gasteiger partial charge in [0.05, 0.1) is 10.6 Å². The van der Waals surface area contributed by atoms with Gasteiger partial charge in [0, 0.05) is 38.2 Å². The summed E-state index contributed by atoms with van der Waals surface area (Å²) in [6.45, 7) is 5.98. The number of hydrazone groups is 1. The van der Waals surface area contributed by atoms with Gasteiger partial charge in [-0.2, -0.15) is 5.10 Å². The lowest BCUT2D eigenvalue weighted by atomic mass is 10.1. The van der Waals surface area contributed by atoms with E-state index in [1.165, 1.54) is 22.0 Å². The van der Waals surface area contributed by atoms with E-state index in [-0.39, 0.29) is 11.4 Å². The number of nitrogens with one attached hydrogen (secondary N) is 1. The second-order valence-electron chi connectivity index (χ2n) is 9.09. The summed E-state index contributed by atoms with van der Waals surface area (Å²) in [6.07, 6.45) is 1.52. The SMILES string of the molecule is Cc1ccc(C)c(N(CC(=O)NN=C2CCN(Cc3ccccc3)CC2)S(=O)(=O)c2ccccc2)c1. The summed E-state index contributed by atoms with van der Waals surface area (Å²) in [7, 11) is -3.95. The van der Waals surface area contributed by atoms with Gasteiger partial charge in [0.25, 0.3) is 15.9 Å². The smallest absolute Gasteiger partial charge is 0.264 e. The first-order chi connectivity index (χ1) is 17.3. The number of amides is 1. The van der Waals surface area contributed by atoms with Crippen LogP contribution in [0.5, 0.6) is 0 Å². The van der Waals surface area contributed by atoms with E-state index in [2.05, 4.69) is 27.6 Å². The Morgan fingerprint density at radius 1 is 0.944 bits per heavy atom. The number of carbonyl (C=O) groups is 1. The summed E-state index contributed by atoms with van der Waals surface area (Å²) in [5.41, 5.74) is 6.95. The van der Waals surface area contributed by atoms with Crippen LogP contribution in [0.2, 0.25) is 0 Å². The minimum Gasteiger partial charge on any atom is -0.298 e. The number of piperidine rings is 1. The molecule has 1 aliphatic heterocycles. The molecule has 4 rings (SSSR count). The zero-order valence-corrected chi connectivity index (χ0v) is 21.5. The minimum atomic E-state index is -3.95. The molecule has 1 heterocycles. The summed E-state index contributed by atoms with van der Waals surface area (Å²) < 4.78 is 28.2. The van der Waals surface area contributed by atoms with E-state index >= 15 is 0 Å². The van der Waals surface area contributed by atoms with E-state index in [9.17, 15) is 13.2 Å². The Morgan fingerprint density at radius 3 is 2.25 bits per heavy atom. The first-order valence-corrected chi connectivity index (χ1v) is 13.5. The van der Waals surface area contributed by atoms with Crippen molar-refractivity contribution in [2.75, 3.05) is 23.9 Å². The quantitative estimate of drug-likeness (QED) is 0.465. The molecule has 1 fully saturated rings. The molecular weight excluding hydrogens is 472 g/mol. The molecule has 0 unspecified atom stereocenters. The van der Waals surface area contributed by atoms with Crippen LogP contribution in [0.3, 0.4) is 0 Å². The van der Waals surface area contributed by atoms with E-state index < -0.39 is 15.9 Å². The Kier molecular flexibility index (Phi) is 8.18. The summed E-state index contributed by atoms with van der Waals surface area (Å²) >= 11 is 0. The molecule has 1 aliphatic rings. The van der Waals surface area contributed by atoms with Gasteiger partial charge in [-0.25, -0.2) is 13.8 Å². The molecule has 36 heavy (non-hydrogen) atoms. The number of rotatable bonds is 8. The van der Waals surface area contributed by atoms with Gasteiger partial charge in [-0.05, 0) is 48.7 Å². The topological polar surface area (TPSA) is 82.1 Å². The highest BCUT2D eigenvalue weighted by atomic mass is 32.2. The van der Waals surface area contributed by atoms with Crippen molar-refractivity contribution in [2.24, 2.45) is 5.10 Å². The fourth-order valence-corrected chi connectivity index (χ4v) is 5.74. The van der Waals surface area contributed by atoms with Gasteiger partial charge in [-0.3, -0.25) is 14.0 Å². The van der Waals surface area contributed by atoms with E-state index in [1.807, 2.05) is 44.2 Å². The predicted octanol–water partition coefficient (Wildman–Crippen LogP) is 4.27. The predicted molar refractivity (Wildman–Crippen MR) is 143 cm³/mol. The van der Waals surface area contributed by atoms with Crippen LogP contribution in [-0.2, 0) is 21.4 Å². The Hall–Kier alpha value is -3.49. The highest BCUT2D eigenvalue weighted by Crippen LogP contribution is 2.27. The molecule has 0 bridgehead atoms. The van der Waals surface area contributed by atoms with Crippen LogP contribution in [0.4, 0.5) is 5.69 Å². The van der Waals surface area contributed by atoms with Crippen LogP contribution < -0.4 is 9.73 Å². The average molecular weight is 505 g/mol. The van der Waals surface area contributed by atoms with Crippen LogP contribution in [0.1, 0.15) is 29.5 Å². The average Bonchev–Trinajstić information content (AvgIpc) is 2.89. The maximum Gasteiger partial charge on any atom is 0.264 e. The number of benzene rings is 3. The Bertz CT molecular complexity index is 1320. The molecule has 1 amide bonds. The largest absolute Gasteiger partial charge is 0.298 e. The molecule has 0 atom stereocenters. The maximum absolute atomic E-state index is 13.5. The lowest BCUT2D eigenvalue weighted by Crippen LogP contribution is -2.40. The van der Waals surface area contributed by atoms with Gasteiger partial charge in [0.15, 0.2) is 0 Å². The summed E-state index contributed by atoms with van der Waals surface area (Å²) in [5, 5.41) is 4.34. The molecule has 188 valence electrons. The number of nitrogens with zero attached hydrogens (tertiary/aromatic N) is 3. The molecule has 1 saturated heterocycles. The van der Waals surface area contributed by atoms with Crippen molar-refractivity contribution in [2.45, 2.75) is 38.1 Å². The normalized spacial score (nSPS) is 14.3. The molecule has 0 radical (unpaired) electrons. The lowest BCUT2D eigenvalue weighted by Gasteiger charge is -2.28. The molecular formula is C28H32N4O3S. The molecule has 0 saturated carbocycles. The molecule has 3 aromatic rings. The molecule has 0 aromatic heterocycles. The number of likely N-dealkylation sites (tertiary alicyclic amines) is 1. The molecule has 1 N–H and O–H groups in total. The maximum atomic E-state index is 13.5. The van der Waals surface area contributed by atoms with Crippen molar-refractivity contribution in [1.29, 1.82) is 0 Å². The summed E-state index contributed by atoms with van der Waals surface area (Å²) in [4.78, 5) is 15.4. The molecule has 0 aliphatic carbocycles. The van der Waals surface area contributed by atoms with Crippen LogP contribution in [0, 0.1) is 13.8 Å². The van der Waals surface area contributed by atoms with Gasteiger partial charge < -0.3 is 0 Å². The van der Waals surface area contributed by atoms with Crippen LogP contribution in [-0.4, -0.2) is 44.6 Å². The van der Waals surface area contributed by atoms with Gasteiger partial charge in [-0.15, -0.1) is 0 Å². The summed E-state index contributed by atoms with van der Waals surface area (Å²) in [6, 6.07) is 24.1. The zero-order chi connectivity index (χ0) is 25.5. The highest BCUT2D eigenvalue weighted by molar-refractivity contribution is 7.92. The third-order valence-corrected chi connectivity index (χ3v) is 8.05. The first kappa shape index (κ1) is 25.6. The standard InChI is InChI=1S/C28H32N4O3S/c1-22-13-14-23(2)27(19-22)32(36(34,35)26-11-7-4-8-12-26)21-28(33)30-29-25-15-17-31(18-16-25)20-24-9-5-3-6-10-24/h3-14,19H,15-18,20-21H2,1-2H3,(H,30,33).